The summed E-state index contributed by atoms with van der Waals surface area (Å²) in [6.07, 6.45) is 2.87. The van der Waals surface area contributed by atoms with E-state index in [1.54, 1.807) is 0 Å². The van der Waals surface area contributed by atoms with Crippen molar-refractivity contribution in [3.63, 3.8) is 0 Å². The molecule has 0 saturated carbocycles. The number of anilines is 2. The lowest BCUT2D eigenvalue weighted by molar-refractivity contribution is -0.123. The number of amides is 2. The number of carbonyl (C=O) groups excluding carboxylic acids is 2. The summed E-state index contributed by atoms with van der Waals surface area (Å²) in [7, 11) is 0. The number of benzene rings is 1. The van der Waals surface area contributed by atoms with Crippen LogP contribution in [0.25, 0.3) is 0 Å². The van der Waals surface area contributed by atoms with Crippen LogP contribution in [0.1, 0.15) is 40.0 Å². The highest BCUT2D eigenvalue weighted by Crippen LogP contribution is 2.21. The molecule has 2 rings (SSSR count). The van der Waals surface area contributed by atoms with E-state index in [1.807, 2.05) is 45.0 Å². The lowest BCUT2D eigenvalue weighted by atomic mass is 9.95. The average Bonchev–Trinajstić information content (AvgIpc) is 2.64. The lowest BCUT2D eigenvalue weighted by Crippen LogP contribution is -2.37. The van der Waals surface area contributed by atoms with Gasteiger partial charge in [0.15, 0.2) is 0 Å². The largest absolute Gasteiger partial charge is 0.374 e. The molecule has 1 unspecified atom stereocenters. The van der Waals surface area contributed by atoms with Crippen molar-refractivity contribution in [3.8, 4) is 0 Å². The van der Waals surface area contributed by atoms with Gasteiger partial charge in [0.1, 0.15) is 6.04 Å². The molecule has 0 aliphatic carbocycles. The van der Waals surface area contributed by atoms with E-state index < -0.39 is 5.41 Å². The van der Waals surface area contributed by atoms with Crippen LogP contribution in [-0.2, 0) is 9.59 Å². The fourth-order valence-electron chi connectivity index (χ4n) is 2.28. The van der Waals surface area contributed by atoms with Gasteiger partial charge in [-0.3, -0.25) is 9.59 Å². The summed E-state index contributed by atoms with van der Waals surface area (Å²) in [4.78, 5) is 24.0. The quantitative estimate of drug-likeness (QED) is 0.804. The molecule has 5 nitrogen and oxygen atoms in total. The molecule has 1 heterocycles. The highest BCUT2D eigenvalue weighted by molar-refractivity contribution is 5.95. The van der Waals surface area contributed by atoms with Crippen LogP contribution in [0, 0.1) is 5.41 Å². The SMILES string of the molecule is CC(C)(C)C(=O)Nc1cccc(NC2CCCCNC2=O)c1. The summed E-state index contributed by atoms with van der Waals surface area (Å²) in [5.41, 5.74) is 1.14. The maximum Gasteiger partial charge on any atom is 0.242 e. The van der Waals surface area contributed by atoms with Gasteiger partial charge in [0, 0.05) is 23.3 Å². The van der Waals surface area contributed by atoms with Gasteiger partial charge in [-0.05, 0) is 37.5 Å². The smallest absolute Gasteiger partial charge is 0.242 e. The maximum atomic E-state index is 12.0. The fraction of sp³-hybridized carbons (Fsp3) is 0.529. The van der Waals surface area contributed by atoms with Gasteiger partial charge in [-0.25, -0.2) is 0 Å². The molecule has 1 atom stereocenters. The minimum Gasteiger partial charge on any atom is -0.374 e. The Hall–Kier alpha value is -2.04. The Morgan fingerprint density at radius 2 is 1.95 bits per heavy atom. The van der Waals surface area contributed by atoms with Crippen LogP contribution in [-0.4, -0.2) is 24.4 Å². The van der Waals surface area contributed by atoms with Gasteiger partial charge in [-0.15, -0.1) is 0 Å². The summed E-state index contributed by atoms with van der Waals surface area (Å²) in [5, 5.41) is 9.07. The highest BCUT2D eigenvalue weighted by Gasteiger charge is 2.22. The Bertz CT molecular complexity index is 549. The second kappa shape index (κ2) is 6.81. The topological polar surface area (TPSA) is 70.2 Å². The minimum absolute atomic E-state index is 0.0307. The molecule has 0 spiro atoms. The van der Waals surface area contributed by atoms with Gasteiger partial charge in [-0.1, -0.05) is 26.8 Å². The van der Waals surface area contributed by atoms with Crippen molar-refractivity contribution in [1.29, 1.82) is 0 Å². The Morgan fingerprint density at radius 1 is 1.23 bits per heavy atom. The van der Waals surface area contributed by atoms with Gasteiger partial charge < -0.3 is 16.0 Å². The van der Waals surface area contributed by atoms with Crippen molar-refractivity contribution in [2.24, 2.45) is 5.41 Å². The van der Waals surface area contributed by atoms with Crippen LogP contribution >= 0.6 is 0 Å². The first kappa shape index (κ1) is 16.3. The van der Waals surface area contributed by atoms with E-state index in [1.165, 1.54) is 0 Å². The Balaban J connectivity index is 2.05. The number of hydrogen-bond acceptors (Lipinski definition) is 3. The molecule has 0 radical (unpaired) electrons. The van der Waals surface area contributed by atoms with E-state index in [2.05, 4.69) is 16.0 Å². The molecule has 0 aromatic heterocycles. The summed E-state index contributed by atoms with van der Waals surface area (Å²) < 4.78 is 0. The first-order chi connectivity index (χ1) is 10.4. The molecule has 2 amide bonds. The molecule has 0 bridgehead atoms. The summed E-state index contributed by atoms with van der Waals surface area (Å²) in [6.45, 7) is 6.37. The molecular weight excluding hydrogens is 278 g/mol. The third-order valence-corrected chi connectivity index (χ3v) is 3.68. The van der Waals surface area contributed by atoms with Gasteiger partial charge in [0.25, 0.3) is 0 Å². The monoisotopic (exact) mass is 303 g/mol. The van der Waals surface area contributed by atoms with Gasteiger partial charge in [0.2, 0.25) is 11.8 Å². The molecule has 120 valence electrons. The van der Waals surface area contributed by atoms with E-state index in [0.29, 0.717) is 0 Å². The van der Waals surface area contributed by atoms with Crippen LogP contribution in [0.2, 0.25) is 0 Å². The molecule has 3 N–H and O–H groups in total. The second-order valence-electron chi connectivity index (χ2n) is 6.77. The predicted molar refractivity (Wildman–Crippen MR) is 88.8 cm³/mol. The number of nitrogens with one attached hydrogen (secondary N) is 3. The first-order valence-corrected chi connectivity index (χ1v) is 7.82. The molecule has 1 aliphatic heterocycles. The standard InChI is InChI=1S/C17H25N3O2/c1-17(2,3)16(22)20-13-8-6-7-12(11-13)19-14-9-4-5-10-18-15(14)21/h6-8,11,14,19H,4-5,9-10H2,1-3H3,(H,18,21)(H,20,22). The Kier molecular flexibility index (Phi) is 5.06. The normalized spacial score (nSPS) is 19.0. The molecule has 1 aromatic carbocycles. The minimum atomic E-state index is -0.440. The van der Waals surface area contributed by atoms with Crippen LogP contribution in [0.5, 0.6) is 0 Å². The van der Waals surface area contributed by atoms with Crippen molar-refractivity contribution in [3.05, 3.63) is 24.3 Å². The van der Waals surface area contributed by atoms with E-state index in [-0.39, 0.29) is 17.9 Å². The zero-order valence-corrected chi connectivity index (χ0v) is 13.5. The van der Waals surface area contributed by atoms with Gasteiger partial charge >= 0.3 is 0 Å². The van der Waals surface area contributed by atoms with Gasteiger partial charge in [-0.2, -0.15) is 0 Å². The zero-order chi connectivity index (χ0) is 16.2. The molecule has 1 aromatic rings. The van der Waals surface area contributed by atoms with E-state index in [0.717, 1.165) is 37.2 Å². The maximum absolute atomic E-state index is 12.0. The van der Waals surface area contributed by atoms with Crippen LogP contribution in [0.4, 0.5) is 11.4 Å². The third kappa shape index (κ3) is 4.48. The number of carbonyl (C=O) groups is 2. The predicted octanol–water partition coefficient (Wildman–Crippen LogP) is 2.75. The first-order valence-electron chi connectivity index (χ1n) is 7.82. The zero-order valence-electron chi connectivity index (χ0n) is 13.5. The van der Waals surface area contributed by atoms with Crippen molar-refractivity contribution < 1.29 is 9.59 Å². The van der Waals surface area contributed by atoms with Crippen LogP contribution in [0.3, 0.4) is 0 Å². The molecule has 1 saturated heterocycles. The molecule has 22 heavy (non-hydrogen) atoms. The van der Waals surface area contributed by atoms with Crippen molar-refractivity contribution in [2.75, 3.05) is 17.2 Å². The molecule has 1 fully saturated rings. The Morgan fingerprint density at radius 3 is 2.68 bits per heavy atom. The van der Waals surface area contributed by atoms with Crippen molar-refractivity contribution >= 4 is 23.2 Å². The van der Waals surface area contributed by atoms with E-state index in [4.69, 9.17) is 0 Å². The summed E-state index contributed by atoms with van der Waals surface area (Å²) in [6, 6.07) is 7.28. The number of hydrogen-bond donors (Lipinski definition) is 3. The summed E-state index contributed by atoms with van der Waals surface area (Å²) >= 11 is 0. The van der Waals surface area contributed by atoms with Gasteiger partial charge in [0.05, 0.1) is 0 Å². The molecule has 5 heteroatoms. The average molecular weight is 303 g/mol. The van der Waals surface area contributed by atoms with E-state index in [9.17, 15) is 9.59 Å². The second-order valence-corrected chi connectivity index (χ2v) is 6.77. The third-order valence-electron chi connectivity index (χ3n) is 3.68. The fourth-order valence-corrected chi connectivity index (χ4v) is 2.28. The number of rotatable bonds is 3. The van der Waals surface area contributed by atoms with E-state index >= 15 is 0 Å². The lowest BCUT2D eigenvalue weighted by Gasteiger charge is -2.19. The highest BCUT2D eigenvalue weighted by atomic mass is 16.2. The van der Waals surface area contributed by atoms with Crippen molar-refractivity contribution in [1.82, 2.24) is 5.32 Å². The van der Waals surface area contributed by atoms with Crippen molar-refractivity contribution in [2.45, 2.75) is 46.1 Å². The Labute approximate surface area is 131 Å². The van der Waals surface area contributed by atoms with Crippen LogP contribution in [0.15, 0.2) is 24.3 Å². The molecular formula is C17H25N3O2. The summed E-state index contributed by atoms with van der Waals surface area (Å²) in [5.74, 6) is 0.0125. The van der Waals surface area contributed by atoms with Crippen LogP contribution < -0.4 is 16.0 Å². The molecule has 1 aliphatic rings.